The molecule has 0 aromatic carbocycles. The molecule has 1 heterocycles. The van der Waals surface area contributed by atoms with Crippen LogP contribution in [0.2, 0.25) is 0 Å². The van der Waals surface area contributed by atoms with Gasteiger partial charge < -0.3 is 20.5 Å². The van der Waals surface area contributed by atoms with Gasteiger partial charge in [-0.25, -0.2) is 9.78 Å². The maximum absolute atomic E-state index is 11.3. The van der Waals surface area contributed by atoms with E-state index in [1.807, 2.05) is 0 Å². The number of methoxy groups -OCH3 is 1. The smallest absolute Gasteiger partial charge is 0.315 e. The largest absolute Gasteiger partial charge is 0.481 e. The molecule has 7 nitrogen and oxygen atoms in total. The van der Waals surface area contributed by atoms with Crippen LogP contribution in [0.25, 0.3) is 0 Å². The molecule has 0 bridgehead atoms. The van der Waals surface area contributed by atoms with Crippen molar-refractivity contribution in [1.29, 1.82) is 0 Å². The fourth-order valence-electron chi connectivity index (χ4n) is 1.16. The highest BCUT2D eigenvalue weighted by atomic mass is 16.5. The summed E-state index contributed by atoms with van der Waals surface area (Å²) in [6.45, 7) is 0.415. The molecule has 98 valence electrons. The molecule has 0 radical (unpaired) electrons. The average Bonchev–Trinajstić information content (AvgIpc) is 2.36. The normalized spacial score (nSPS) is 9.61. The zero-order valence-electron chi connectivity index (χ0n) is 9.97. The summed E-state index contributed by atoms with van der Waals surface area (Å²) in [5.41, 5.74) is 0.823. The van der Waals surface area contributed by atoms with Crippen LogP contribution in [0.15, 0.2) is 18.3 Å². The molecule has 0 unspecified atom stereocenters. The number of hydrogen-bond donors (Lipinski definition) is 3. The number of aromatic nitrogens is 1. The van der Waals surface area contributed by atoms with Crippen molar-refractivity contribution in [1.82, 2.24) is 15.6 Å². The van der Waals surface area contributed by atoms with E-state index in [0.717, 1.165) is 5.56 Å². The molecule has 0 atom stereocenters. The summed E-state index contributed by atoms with van der Waals surface area (Å²) in [7, 11) is 1.52. The molecule has 1 rings (SSSR count). The topological polar surface area (TPSA) is 101 Å². The van der Waals surface area contributed by atoms with Crippen LogP contribution in [0.4, 0.5) is 4.79 Å². The van der Waals surface area contributed by atoms with Gasteiger partial charge in [0.25, 0.3) is 0 Å². The number of aliphatic carboxylic acids is 1. The highest BCUT2D eigenvalue weighted by molar-refractivity contribution is 5.74. The van der Waals surface area contributed by atoms with Gasteiger partial charge in [0.05, 0.1) is 13.5 Å². The van der Waals surface area contributed by atoms with Gasteiger partial charge in [0, 0.05) is 25.4 Å². The number of hydrogen-bond acceptors (Lipinski definition) is 4. The van der Waals surface area contributed by atoms with Gasteiger partial charge in [-0.2, -0.15) is 0 Å². The zero-order valence-corrected chi connectivity index (χ0v) is 9.97. The van der Waals surface area contributed by atoms with Crippen molar-refractivity contribution in [3.8, 4) is 5.88 Å². The number of carboxylic acids is 1. The van der Waals surface area contributed by atoms with Crippen molar-refractivity contribution in [3.63, 3.8) is 0 Å². The van der Waals surface area contributed by atoms with E-state index in [2.05, 4.69) is 15.6 Å². The maximum Gasteiger partial charge on any atom is 0.315 e. The molecule has 3 N–H and O–H groups in total. The van der Waals surface area contributed by atoms with Gasteiger partial charge in [0.15, 0.2) is 0 Å². The number of ether oxygens (including phenoxy) is 1. The lowest BCUT2D eigenvalue weighted by molar-refractivity contribution is -0.136. The summed E-state index contributed by atoms with van der Waals surface area (Å²) in [6.07, 6.45) is 1.49. The van der Waals surface area contributed by atoms with Crippen molar-refractivity contribution in [3.05, 3.63) is 23.9 Å². The van der Waals surface area contributed by atoms with Crippen molar-refractivity contribution in [2.24, 2.45) is 0 Å². The summed E-state index contributed by atoms with van der Waals surface area (Å²) >= 11 is 0. The predicted octanol–water partition coefficient (Wildman–Crippen LogP) is 0.364. The van der Waals surface area contributed by atoms with Crippen molar-refractivity contribution in [2.45, 2.75) is 13.0 Å². The van der Waals surface area contributed by atoms with E-state index in [1.165, 1.54) is 7.11 Å². The monoisotopic (exact) mass is 253 g/mol. The lowest BCUT2D eigenvalue weighted by Gasteiger charge is -2.06. The summed E-state index contributed by atoms with van der Waals surface area (Å²) < 4.78 is 4.90. The zero-order chi connectivity index (χ0) is 13.4. The number of carboxylic acid groups (broad SMARTS) is 1. The van der Waals surface area contributed by atoms with Crippen LogP contribution in [-0.2, 0) is 11.3 Å². The number of carbonyl (C=O) groups excluding carboxylic acids is 1. The van der Waals surface area contributed by atoms with Gasteiger partial charge >= 0.3 is 12.0 Å². The van der Waals surface area contributed by atoms with Gasteiger partial charge in [-0.15, -0.1) is 0 Å². The van der Waals surface area contributed by atoms with Gasteiger partial charge in [0.2, 0.25) is 5.88 Å². The minimum atomic E-state index is -0.949. The van der Waals surface area contributed by atoms with Gasteiger partial charge in [-0.3, -0.25) is 4.79 Å². The quantitative estimate of drug-likeness (QED) is 0.679. The van der Waals surface area contributed by atoms with E-state index in [1.54, 1.807) is 18.3 Å². The number of pyridine rings is 1. The lowest BCUT2D eigenvalue weighted by atomic mass is 10.3. The molecule has 0 fully saturated rings. The molecule has 0 aliphatic carbocycles. The number of carbonyl (C=O) groups is 2. The van der Waals surface area contributed by atoms with Gasteiger partial charge in [-0.05, 0) is 5.56 Å². The van der Waals surface area contributed by atoms with E-state index in [-0.39, 0.29) is 13.0 Å². The Morgan fingerprint density at radius 1 is 1.39 bits per heavy atom. The Morgan fingerprint density at radius 3 is 2.72 bits per heavy atom. The second-order valence-corrected chi connectivity index (χ2v) is 3.46. The third kappa shape index (κ3) is 5.15. The molecule has 0 spiro atoms. The molecular weight excluding hydrogens is 238 g/mol. The van der Waals surface area contributed by atoms with E-state index in [9.17, 15) is 9.59 Å². The first-order chi connectivity index (χ1) is 8.61. The predicted molar refractivity (Wildman–Crippen MR) is 63.3 cm³/mol. The molecule has 0 aliphatic heterocycles. The molecular formula is C11H15N3O4. The Bertz CT molecular complexity index is 405. The maximum atomic E-state index is 11.3. The Morgan fingerprint density at radius 2 is 2.17 bits per heavy atom. The second-order valence-electron chi connectivity index (χ2n) is 3.46. The van der Waals surface area contributed by atoms with E-state index >= 15 is 0 Å². The van der Waals surface area contributed by atoms with Crippen molar-refractivity contribution in [2.75, 3.05) is 13.7 Å². The Balaban J connectivity index is 2.26. The van der Waals surface area contributed by atoms with Crippen LogP contribution in [0.3, 0.4) is 0 Å². The van der Waals surface area contributed by atoms with E-state index in [0.29, 0.717) is 12.4 Å². The van der Waals surface area contributed by atoms with Gasteiger partial charge in [-0.1, -0.05) is 6.07 Å². The third-order valence-corrected chi connectivity index (χ3v) is 2.08. The molecule has 1 aromatic rings. The van der Waals surface area contributed by atoms with Crippen LogP contribution in [0.1, 0.15) is 12.0 Å². The number of nitrogens with zero attached hydrogens (tertiary/aromatic N) is 1. The molecule has 0 aliphatic rings. The Kier molecular flexibility index (Phi) is 5.43. The fourth-order valence-corrected chi connectivity index (χ4v) is 1.16. The summed E-state index contributed by atoms with van der Waals surface area (Å²) in [5, 5.41) is 13.4. The summed E-state index contributed by atoms with van der Waals surface area (Å²) in [6, 6.07) is 3.06. The van der Waals surface area contributed by atoms with Crippen LogP contribution in [-0.4, -0.2) is 35.7 Å². The molecule has 0 saturated heterocycles. The van der Waals surface area contributed by atoms with E-state index in [4.69, 9.17) is 9.84 Å². The fraction of sp³-hybridized carbons (Fsp3) is 0.364. The van der Waals surface area contributed by atoms with Crippen molar-refractivity contribution >= 4 is 12.0 Å². The lowest BCUT2D eigenvalue weighted by Crippen LogP contribution is -2.36. The van der Waals surface area contributed by atoms with Crippen LogP contribution < -0.4 is 15.4 Å². The first-order valence-electron chi connectivity index (χ1n) is 5.34. The van der Waals surface area contributed by atoms with Crippen LogP contribution in [0.5, 0.6) is 5.88 Å². The van der Waals surface area contributed by atoms with Crippen LogP contribution in [0, 0.1) is 0 Å². The number of rotatable bonds is 6. The minimum absolute atomic E-state index is 0.0992. The van der Waals surface area contributed by atoms with E-state index < -0.39 is 12.0 Å². The highest BCUT2D eigenvalue weighted by Crippen LogP contribution is 2.05. The van der Waals surface area contributed by atoms with Crippen molar-refractivity contribution < 1.29 is 19.4 Å². The first kappa shape index (κ1) is 13.8. The highest BCUT2D eigenvalue weighted by Gasteiger charge is 2.02. The van der Waals surface area contributed by atoms with Crippen LogP contribution >= 0.6 is 0 Å². The SMILES string of the molecule is COc1ccc(CNC(=O)NCCC(=O)O)cn1. The molecule has 2 amide bonds. The summed E-state index contributed by atoms with van der Waals surface area (Å²) in [4.78, 5) is 25.5. The Hall–Kier alpha value is -2.31. The first-order valence-corrected chi connectivity index (χ1v) is 5.34. The average molecular weight is 253 g/mol. The molecule has 1 aromatic heterocycles. The minimum Gasteiger partial charge on any atom is -0.481 e. The van der Waals surface area contributed by atoms with Gasteiger partial charge in [0.1, 0.15) is 0 Å². The molecule has 18 heavy (non-hydrogen) atoms. The number of amides is 2. The molecule has 7 heteroatoms. The molecule has 0 saturated carbocycles. The standard InChI is InChI=1S/C11H15N3O4/c1-18-9-3-2-8(6-13-9)7-14-11(17)12-5-4-10(15)16/h2-3,6H,4-5,7H2,1H3,(H,15,16)(H2,12,14,17). The third-order valence-electron chi connectivity index (χ3n) is 2.08. The second kappa shape index (κ2) is 7.10. The number of urea groups is 1. The Labute approximate surface area is 104 Å². The summed E-state index contributed by atoms with van der Waals surface area (Å²) in [5.74, 6) is -0.445. The number of nitrogens with one attached hydrogen (secondary N) is 2.